The SMILES string of the molecule is Cc1ccc(NC(=O)COC(=O)[C@@H](NC(=O)c2ccc([N+](=O)[O-])cc2Cl)C(C)C)c(Cl)c1. The van der Waals surface area contributed by atoms with E-state index in [1.54, 1.807) is 32.0 Å². The maximum Gasteiger partial charge on any atom is 0.329 e. The van der Waals surface area contributed by atoms with Gasteiger partial charge in [0.2, 0.25) is 0 Å². The molecule has 170 valence electrons. The number of hydrogen-bond donors (Lipinski definition) is 2. The number of aryl methyl sites for hydroxylation is 1. The number of nitrogens with zero attached hydrogens (tertiary/aromatic N) is 1. The second-order valence-corrected chi connectivity index (χ2v) is 8.07. The summed E-state index contributed by atoms with van der Waals surface area (Å²) in [5, 5.41) is 16.1. The monoisotopic (exact) mass is 481 g/mol. The molecule has 1 atom stereocenters. The fourth-order valence-corrected chi connectivity index (χ4v) is 3.20. The zero-order valence-electron chi connectivity index (χ0n) is 17.5. The number of carbonyl (C=O) groups is 3. The van der Waals surface area contributed by atoms with Crippen LogP contribution >= 0.6 is 23.2 Å². The highest BCUT2D eigenvalue weighted by Crippen LogP contribution is 2.23. The summed E-state index contributed by atoms with van der Waals surface area (Å²) in [7, 11) is 0. The molecular weight excluding hydrogens is 461 g/mol. The smallest absolute Gasteiger partial charge is 0.329 e. The van der Waals surface area contributed by atoms with Crippen LogP contribution in [0.25, 0.3) is 0 Å². The Morgan fingerprint density at radius 1 is 1.09 bits per heavy atom. The van der Waals surface area contributed by atoms with E-state index in [9.17, 15) is 24.5 Å². The zero-order chi connectivity index (χ0) is 24.0. The summed E-state index contributed by atoms with van der Waals surface area (Å²) in [6, 6.07) is 7.35. The molecule has 32 heavy (non-hydrogen) atoms. The summed E-state index contributed by atoms with van der Waals surface area (Å²) < 4.78 is 5.05. The molecule has 0 heterocycles. The van der Waals surface area contributed by atoms with E-state index < -0.39 is 35.4 Å². The average Bonchev–Trinajstić information content (AvgIpc) is 2.71. The number of hydrogen-bond acceptors (Lipinski definition) is 6. The van der Waals surface area contributed by atoms with E-state index >= 15 is 0 Å². The van der Waals surface area contributed by atoms with E-state index in [0.29, 0.717) is 10.7 Å². The second-order valence-electron chi connectivity index (χ2n) is 7.26. The lowest BCUT2D eigenvalue weighted by Crippen LogP contribution is -2.46. The molecule has 2 rings (SSSR count). The molecule has 0 saturated carbocycles. The van der Waals surface area contributed by atoms with Crippen molar-refractivity contribution in [1.29, 1.82) is 0 Å². The van der Waals surface area contributed by atoms with Gasteiger partial charge in [-0.05, 0) is 36.6 Å². The predicted octanol–water partition coefficient (Wildman–Crippen LogP) is 4.15. The molecule has 0 unspecified atom stereocenters. The maximum absolute atomic E-state index is 12.5. The van der Waals surface area contributed by atoms with Crippen molar-refractivity contribution < 1.29 is 24.0 Å². The first-order valence-corrected chi connectivity index (χ1v) is 10.2. The number of nitro benzene ring substituents is 1. The third-order valence-electron chi connectivity index (χ3n) is 4.36. The normalized spacial score (nSPS) is 11.6. The summed E-state index contributed by atoms with van der Waals surface area (Å²) in [5.74, 6) is -2.51. The third-order valence-corrected chi connectivity index (χ3v) is 4.98. The van der Waals surface area contributed by atoms with Gasteiger partial charge in [0.25, 0.3) is 17.5 Å². The highest BCUT2D eigenvalue weighted by molar-refractivity contribution is 6.34. The number of nitrogens with one attached hydrogen (secondary N) is 2. The first kappa shape index (κ1) is 25.1. The van der Waals surface area contributed by atoms with Crippen molar-refractivity contribution in [2.75, 3.05) is 11.9 Å². The Morgan fingerprint density at radius 3 is 2.34 bits per heavy atom. The Labute approximate surface area is 194 Å². The largest absolute Gasteiger partial charge is 0.454 e. The van der Waals surface area contributed by atoms with Gasteiger partial charge in [0.1, 0.15) is 6.04 Å². The van der Waals surface area contributed by atoms with Crippen LogP contribution in [0.1, 0.15) is 29.8 Å². The molecule has 0 aliphatic carbocycles. The molecule has 2 aromatic carbocycles. The first-order chi connectivity index (χ1) is 15.0. The molecule has 2 amide bonds. The van der Waals surface area contributed by atoms with Crippen LogP contribution in [-0.2, 0) is 14.3 Å². The molecule has 0 radical (unpaired) electrons. The van der Waals surface area contributed by atoms with E-state index in [0.717, 1.165) is 17.7 Å². The Hall–Kier alpha value is -3.17. The third kappa shape index (κ3) is 6.66. The number of ether oxygens (including phenoxy) is 1. The van der Waals surface area contributed by atoms with E-state index in [1.807, 2.05) is 6.92 Å². The second kappa shape index (κ2) is 10.9. The van der Waals surface area contributed by atoms with Crippen LogP contribution in [-0.4, -0.2) is 35.4 Å². The minimum absolute atomic E-state index is 0.0394. The summed E-state index contributed by atoms with van der Waals surface area (Å²) in [6.45, 7) is 4.62. The summed E-state index contributed by atoms with van der Waals surface area (Å²) in [4.78, 5) is 47.3. The summed E-state index contributed by atoms with van der Waals surface area (Å²) >= 11 is 12.0. The van der Waals surface area contributed by atoms with Crippen molar-refractivity contribution in [1.82, 2.24) is 5.32 Å². The van der Waals surface area contributed by atoms with Crippen molar-refractivity contribution in [3.8, 4) is 0 Å². The molecule has 0 aromatic heterocycles. The van der Waals surface area contributed by atoms with Crippen LogP contribution in [0.5, 0.6) is 0 Å². The number of rotatable bonds is 8. The van der Waals surface area contributed by atoms with Crippen LogP contribution in [0.4, 0.5) is 11.4 Å². The van der Waals surface area contributed by atoms with E-state index in [4.69, 9.17) is 27.9 Å². The fourth-order valence-electron chi connectivity index (χ4n) is 2.65. The molecule has 2 N–H and O–H groups in total. The number of esters is 1. The standard InChI is InChI=1S/C21H21Cl2N3O6/c1-11(2)19(25-20(28)14-6-5-13(26(30)31)9-15(14)22)21(29)32-10-18(27)24-17-7-4-12(3)8-16(17)23/h4-9,11,19H,10H2,1-3H3,(H,24,27)(H,25,28)/t19-/m0/s1. The zero-order valence-corrected chi connectivity index (χ0v) is 19.0. The van der Waals surface area contributed by atoms with Gasteiger partial charge < -0.3 is 15.4 Å². The van der Waals surface area contributed by atoms with Gasteiger partial charge in [-0.25, -0.2) is 4.79 Å². The molecule has 0 saturated heterocycles. The lowest BCUT2D eigenvalue weighted by atomic mass is 10.0. The lowest BCUT2D eigenvalue weighted by molar-refractivity contribution is -0.384. The van der Waals surface area contributed by atoms with Crippen molar-refractivity contribution in [2.45, 2.75) is 26.8 Å². The Bertz CT molecular complexity index is 1060. The summed E-state index contributed by atoms with van der Waals surface area (Å²) in [5.41, 5.74) is 0.983. The van der Waals surface area contributed by atoms with Crippen molar-refractivity contribution in [3.63, 3.8) is 0 Å². The van der Waals surface area contributed by atoms with E-state index in [1.165, 1.54) is 6.07 Å². The van der Waals surface area contributed by atoms with Gasteiger partial charge in [0.05, 0.1) is 26.2 Å². The van der Waals surface area contributed by atoms with Gasteiger partial charge in [0.15, 0.2) is 6.61 Å². The Balaban J connectivity index is 2.00. The number of amides is 2. The highest BCUT2D eigenvalue weighted by Gasteiger charge is 2.28. The number of anilines is 1. The average molecular weight is 482 g/mol. The highest BCUT2D eigenvalue weighted by atomic mass is 35.5. The molecule has 0 aliphatic rings. The van der Waals surface area contributed by atoms with Crippen molar-refractivity contribution >= 4 is 52.4 Å². The maximum atomic E-state index is 12.5. The first-order valence-electron chi connectivity index (χ1n) is 9.47. The molecule has 11 heteroatoms. The van der Waals surface area contributed by atoms with Gasteiger partial charge in [-0.3, -0.25) is 19.7 Å². The number of benzene rings is 2. The molecule has 0 spiro atoms. The van der Waals surface area contributed by atoms with Crippen LogP contribution < -0.4 is 10.6 Å². The number of non-ortho nitro benzene ring substituents is 1. The lowest BCUT2D eigenvalue weighted by Gasteiger charge is -2.21. The molecule has 9 nitrogen and oxygen atoms in total. The number of carbonyl (C=O) groups excluding carboxylic acids is 3. The van der Waals surface area contributed by atoms with E-state index in [2.05, 4.69) is 10.6 Å². The van der Waals surface area contributed by atoms with Crippen LogP contribution in [0.2, 0.25) is 10.0 Å². The van der Waals surface area contributed by atoms with Crippen LogP contribution in [0, 0.1) is 23.0 Å². The van der Waals surface area contributed by atoms with Crippen molar-refractivity contribution in [2.24, 2.45) is 5.92 Å². The Kier molecular flexibility index (Phi) is 8.56. The van der Waals surface area contributed by atoms with Gasteiger partial charge in [-0.1, -0.05) is 43.1 Å². The molecule has 0 aliphatic heterocycles. The molecule has 0 fully saturated rings. The topological polar surface area (TPSA) is 128 Å². The van der Waals surface area contributed by atoms with Gasteiger partial charge >= 0.3 is 5.97 Å². The summed E-state index contributed by atoms with van der Waals surface area (Å²) in [6.07, 6.45) is 0. The predicted molar refractivity (Wildman–Crippen MR) is 120 cm³/mol. The number of nitro groups is 1. The van der Waals surface area contributed by atoms with Gasteiger partial charge in [-0.2, -0.15) is 0 Å². The molecule has 2 aromatic rings. The van der Waals surface area contributed by atoms with E-state index in [-0.39, 0.29) is 22.2 Å². The van der Waals surface area contributed by atoms with Gasteiger partial charge in [0, 0.05) is 12.1 Å². The quantitative estimate of drug-likeness (QED) is 0.331. The number of halogens is 2. The van der Waals surface area contributed by atoms with Gasteiger partial charge in [-0.15, -0.1) is 0 Å². The molecule has 0 bridgehead atoms. The Morgan fingerprint density at radius 2 is 1.78 bits per heavy atom. The van der Waals surface area contributed by atoms with Crippen molar-refractivity contribution in [3.05, 3.63) is 67.7 Å². The minimum Gasteiger partial charge on any atom is -0.454 e. The van der Waals surface area contributed by atoms with Crippen LogP contribution in [0.3, 0.4) is 0 Å². The minimum atomic E-state index is -1.08. The van der Waals surface area contributed by atoms with Crippen LogP contribution in [0.15, 0.2) is 36.4 Å². The molecular formula is C21H21Cl2N3O6. The fraction of sp³-hybridized carbons (Fsp3) is 0.286.